The minimum atomic E-state index is -0.246. The number of rotatable bonds is 6. The third-order valence-electron chi connectivity index (χ3n) is 6.29. The topological polar surface area (TPSA) is 87.5 Å². The lowest BCUT2D eigenvalue weighted by molar-refractivity contribution is -0.119. The lowest BCUT2D eigenvalue weighted by Crippen LogP contribution is -2.28. The molecular weight excluding hydrogens is 504 g/mol. The number of para-hydroxylation sites is 2. The second-order valence-electron chi connectivity index (χ2n) is 8.96. The SMILES string of the molecule is Cc1ccc(NC(=O)C2CN(C)CC2c2ccc(/C=C/C(=O)Nc3ccccc3N)cc2)cc1Br. The molecule has 0 bridgehead atoms. The highest BCUT2D eigenvalue weighted by atomic mass is 79.9. The summed E-state index contributed by atoms with van der Waals surface area (Å²) in [6.07, 6.45) is 3.25. The van der Waals surface area contributed by atoms with Crippen LogP contribution >= 0.6 is 15.9 Å². The molecule has 4 N–H and O–H groups in total. The van der Waals surface area contributed by atoms with Crippen LogP contribution in [0.2, 0.25) is 0 Å². The second-order valence-corrected chi connectivity index (χ2v) is 9.82. The molecule has 6 nitrogen and oxygen atoms in total. The van der Waals surface area contributed by atoms with Gasteiger partial charge in [0.05, 0.1) is 17.3 Å². The van der Waals surface area contributed by atoms with Crippen molar-refractivity contribution < 1.29 is 9.59 Å². The zero-order chi connectivity index (χ0) is 24.9. The number of hydrogen-bond donors (Lipinski definition) is 3. The number of anilines is 3. The summed E-state index contributed by atoms with van der Waals surface area (Å²) in [6.45, 7) is 3.53. The molecule has 1 aliphatic heterocycles. The summed E-state index contributed by atoms with van der Waals surface area (Å²) in [4.78, 5) is 27.6. The Morgan fingerprint density at radius 2 is 1.77 bits per heavy atom. The Hall–Kier alpha value is -3.42. The number of aryl methyl sites for hydroxylation is 1. The van der Waals surface area contributed by atoms with E-state index in [0.717, 1.165) is 33.4 Å². The van der Waals surface area contributed by atoms with Gasteiger partial charge in [-0.2, -0.15) is 0 Å². The zero-order valence-corrected chi connectivity index (χ0v) is 21.4. The highest BCUT2D eigenvalue weighted by Gasteiger charge is 2.37. The molecule has 35 heavy (non-hydrogen) atoms. The van der Waals surface area contributed by atoms with Crippen LogP contribution in [0.3, 0.4) is 0 Å². The van der Waals surface area contributed by atoms with Crippen molar-refractivity contribution in [2.75, 3.05) is 36.5 Å². The lowest BCUT2D eigenvalue weighted by Gasteiger charge is -2.19. The molecule has 3 aromatic carbocycles. The number of carbonyl (C=O) groups excluding carboxylic acids is 2. The molecule has 0 radical (unpaired) electrons. The smallest absolute Gasteiger partial charge is 0.248 e. The molecule has 2 atom stereocenters. The number of nitrogen functional groups attached to an aromatic ring is 1. The van der Waals surface area contributed by atoms with Crippen molar-refractivity contribution in [1.29, 1.82) is 0 Å². The van der Waals surface area contributed by atoms with Gasteiger partial charge in [-0.25, -0.2) is 0 Å². The molecular formula is C28H29BrN4O2. The van der Waals surface area contributed by atoms with E-state index in [4.69, 9.17) is 5.73 Å². The molecule has 1 heterocycles. The Labute approximate surface area is 214 Å². The monoisotopic (exact) mass is 532 g/mol. The van der Waals surface area contributed by atoms with Crippen LogP contribution in [-0.4, -0.2) is 36.9 Å². The fourth-order valence-corrected chi connectivity index (χ4v) is 4.70. The van der Waals surface area contributed by atoms with E-state index in [9.17, 15) is 9.59 Å². The molecule has 2 amide bonds. The first-order valence-corrected chi connectivity index (χ1v) is 12.3. The van der Waals surface area contributed by atoms with Gasteiger partial charge in [-0.05, 0) is 61.0 Å². The van der Waals surface area contributed by atoms with E-state index in [1.807, 2.05) is 68.6 Å². The van der Waals surface area contributed by atoms with Crippen molar-refractivity contribution in [1.82, 2.24) is 4.90 Å². The third kappa shape index (κ3) is 6.18. The summed E-state index contributed by atoms with van der Waals surface area (Å²) < 4.78 is 0.972. The van der Waals surface area contributed by atoms with Crippen molar-refractivity contribution in [2.24, 2.45) is 5.92 Å². The molecule has 1 aliphatic rings. The summed E-state index contributed by atoms with van der Waals surface area (Å²) in [6, 6.07) is 21.0. The van der Waals surface area contributed by atoms with E-state index < -0.39 is 0 Å². The van der Waals surface area contributed by atoms with Crippen LogP contribution in [0.1, 0.15) is 22.6 Å². The van der Waals surface area contributed by atoms with Crippen LogP contribution in [0.4, 0.5) is 17.1 Å². The maximum atomic E-state index is 13.1. The third-order valence-corrected chi connectivity index (χ3v) is 7.14. The Kier molecular flexibility index (Phi) is 7.68. The largest absolute Gasteiger partial charge is 0.397 e. The van der Waals surface area contributed by atoms with Crippen molar-refractivity contribution in [2.45, 2.75) is 12.8 Å². The summed E-state index contributed by atoms with van der Waals surface area (Å²) in [5.74, 6) is -0.278. The minimum Gasteiger partial charge on any atom is -0.397 e. The average Bonchev–Trinajstić information content (AvgIpc) is 3.24. The summed E-state index contributed by atoms with van der Waals surface area (Å²) >= 11 is 3.53. The Bertz CT molecular complexity index is 1260. The van der Waals surface area contributed by atoms with E-state index in [1.165, 1.54) is 6.08 Å². The Morgan fingerprint density at radius 3 is 2.49 bits per heavy atom. The van der Waals surface area contributed by atoms with E-state index in [2.05, 4.69) is 31.5 Å². The molecule has 0 saturated carbocycles. The standard InChI is InChI=1S/C28H29BrN4O2/c1-18-7-13-21(15-24(18)29)31-28(35)23-17-33(2)16-22(23)20-11-8-19(9-12-20)10-14-27(34)32-26-6-4-3-5-25(26)30/h3-15,22-23H,16-17,30H2,1-2H3,(H,31,35)(H,32,34)/b14-10+. The number of benzene rings is 3. The fraction of sp³-hybridized carbons (Fsp3) is 0.214. The first-order chi connectivity index (χ1) is 16.8. The molecule has 0 aromatic heterocycles. The van der Waals surface area contributed by atoms with Crippen LogP contribution in [0.15, 0.2) is 77.3 Å². The quantitative estimate of drug-likeness (QED) is 0.298. The van der Waals surface area contributed by atoms with Gasteiger partial charge in [0.1, 0.15) is 0 Å². The number of amides is 2. The first-order valence-electron chi connectivity index (χ1n) is 11.5. The number of halogens is 1. The van der Waals surface area contributed by atoms with Gasteiger partial charge in [-0.1, -0.05) is 58.4 Å². The van der Waals surface area contributed by atoms with E-state index in [0.29, 0.717) is 17.9 Å². The average molecular weight is 533 g/mol. The number of nitrogens with zero attached hydrogens (tertiary/aromatic N) is 1. The van der Waals surface area contributed by atoms with E-state index in [-0.39, 0.29) is 23.7 Å². The highest BCUT2D eigenvalue weighted by molar-refractivity contribution is 9.10. The van der Waals surface area contributed by atoms with Gasteiger partial charge >= 0.3 is 0 Å². The Morgan fingerprint density at radius 1 is 1.03 bits per heavy atom. The molecule has 180 valence electrons. The van der Waals surface area contributed by atoms with Gasteiger partial charge in [0.2, 0.25) is 11.8 Å². The normalized spacial score (nSPS) is 18.0. The van der Waals surface area contributed by atoms with Gasteiger partial charge in [0, 0.05) is 35.2 Å². The first kappa shape index (κ1) is 24.7. The number of nitrogens with two attached hydrogens (primary N) is 1. The van der Waals surface area contributed by atoms with Crippen molar-refractivity contribution in [3.05, 3.63) is 94.0 Å². The van der Waals surface area contributed by atoms with Crippen molar-refractivity contribution in [3.63, 3.8) is 0 Å². The molecule has 1 saturated heterocycles. The van der Waals surface area contributed by atoms with Gasteiger partial charge in [-0.15, -0.1) is 0 Å². The zero-order valence-electron chi connectivity index (χ0n) is 19.8. The summed E-state index contributed by atoms with van der Waals surface area (Å²) in [5, 5.41) is 5.86. The van der Waals surface area contributed by atoms with Crippen LogP contribution in [0, 0.1) is 12.8 Å². The predicted molar refractivity (Wildman–Crippen MR) is 146 cm³/mol. The van der Waals surface area contributed by atoms with E-state index in [1.54, 1.807) is 18.2 Å². The molecule has 1 fully saturated rings. The van der Waals surface area contributed by atoms with Crippen molar-refractivity contribution in [3.8, 4) is 0 Å². The van der Waals surface area contributed by atoms with Crippen LogP contribution in [0.5, 0.6) is 0 Å². The van der Waals surface area contributed by atoms with Crippen molar-refractivity contribution >= 4 is 50.9 Å². The number of likely N-dealkylation sites (N-methyl/N-ethyl adjacent to an activating group) is 1. The summed E-state index contributed by atoms with van der Waals surface area (Å²) in [7, 11) is 2.04. The maximum absolute atomic E-state index is 13.1. The Balaban J connectivity index is 1.41. The molecule has 4 rings (SSSR count). The molecule has 0 aliphatic carbocycles. The van der Waals surface area contributed by atoms with Gasteiger partial charge in [-0.3, -0.25) is 9.59 Å². The number of likely N-dealkylation sites (tertiary alicyclic amines) is 1. The number of nitrogens with one attached hydrogen (secondary N) is 2. The fourth-order valence-electron chi connectivity index (χ4n) is 4.32. The molecule has 3 aromatic rings. The van der Waals surface area contributed by atoms with Gasteiger partial charge < -0.3 is 21.3 Å². The number of hydrogen-bond acceptors (Lipinski definition) is 4. The van der Waals surface area contributed by atoms with Crippen LogP contribution < -0.4 is 16.4 Å². The number of carbonyl (C=O) groups is 2. The second kappa shape index (κ2) is 10.9. The highest BCUT2D eigenvalue weighted by Crippen LogP contribution is 2.33. The maximum Gasteiger partial charge on any atom is 0.248 e. The molecule has 0 spiro atoms. The van der Waals surface area contributed by atoms with E-state index >= 15 is 0 Å². The van der Waals surface area contributed by atoms with Gasteiger partial charge in [0.25, 0.3) is 0 Å². The lowest BCUT2D eigenvalue weighted by atomic mass is 9.88. The van der Waals surface area contributed by atoms with Crippen LogP contribution in [-0.2, 0) is 9.59 Å². The summed E-state index contributed by atoms with van der Waals surface area (Å²) in [5.41, 5.74) is 10.9. The van der Waals surface area contributed by atoms with Gasteiger partial charge in [0.15, 0.2) is 0 Å². The molecule has 7 heteroatoms. The van der Waals surface area contributed by atoms with Crippen LogP contribution in [0.25, 0.3) is 6.08 Å². The molecule has 2 unspecified atom stereocenters. The predicted octanol–water partition coefficient (Wildman–Crippen LogP) is 5.28. The minimum absolute atomic E-state index is 0.0240.